The fourth-order valence-corrected chi connectivity index (χ4v) is 6.86. The number of fused-ring (bicyclic) bond motifs is 2. The molecule has 46 heavy (non-hydrogen) atoms. The molecule has 3 N–H and O–H groups in total. The second kappa shape index (κ2) is 11.9. The number of aryl methyl sites for hydroxylation is 2. The Morgan fingerprint density at radius 1 is 1.11 bits per heavy atom. The van der Waals surface area contributed by atoms with E-state index >= 15 is 0 Å². The van der Waals surface area contributed by atoms with Gasteiger partial charge in [0.1, 0.15) is 16.9 Å². The Morgan fingerprint density at radius 2 is 1.87 bits per heavy atom. The van der Waals surface area contributed by atoms with Crippen LogP contribution in [0, 0.1) is 5.41 Å². The van der Waals surface area contributed by atoms with Crippen molar-refractivity contribution in [1.29, 1.82) is 0 Å². The lowest BCUT2D eigenvalue weighted by Gasteiger charge is -2.36. The third-order valence-electron chi connectivity index (χ3n) is 9.46. The zero-order valence-corrected chi connectivity index (χ0v) is 27.2. The molecule has 2 amide bonds. The Labute approximate surface area is 267 Å². The Hall–Kier alpha value is -4.06. The highest BCUT2D eigenvalue weighted by atomic mass is 19.3. The molecule has 1 unspecified atom stereocenters. The fourth-order valence-electron chi connectivity index (χ4n) is 6.86. The molecule has 1 aromatic carbocycles. The van der Waals surface area contributed by atoms with Gasteiger partial charge in [-0.25, -0.2) is 18.7 Å². The van der Waals surface area contributed by atoms with Gasteiger partial charge in [0, 0.05) is 49.0 Å². The van der Waals surface area contributed by atoms with Crippen molar-refractivity contribution < 1.29 is 23.1 Å². The van der Waals surface area contributed by atoms with Gasteiger partial charge in [-0.15, -0.1) is 0 Å². The topological polar surface area (TPSA) is 120 Å². The number of methoxy groups -OCH3 is 1. The molecule has 2 bridgehead atoms. The Balaban J connectivity index is 1.43. The van der Waals surface area contributed by atoms with Gasteiger partial charge in [-0.1, -0.05) is 33.1 Å². The van der Waals surface area contributed by atoms with Gasteiger partial charge in [-0.05, 0) is 50.1 Å². The van der Waals surface area contributed by atoms with Crippen LogP contribution in [-0.4, -0.2) is 68.0 Å². The lowest BCUT2D eigenvalue weighted by molar-refractivity contribution is -0.130. The predicted octanol–water partition coefficient (Wildman–Crippen LogP) is 5.57. The first kappa shape index (κ1) is 31.9. The van der Waals surface area contributed by atoms with Crippen molar-refractivity contribution >= 4 is 33.9 Å². The number of aromatic nitrogens is 4. The van der Waals surface area contributed by atoms with Crippen LogP contribution in [0.1, 0.15) is 81.4 Å². The van der Waals surface area contributed by atoms with Crippen molar-refractivity contribution in [1.82, 2.24) is 29.3 Å². The van der Waals surface area contributed by atoms with Crippen LogP contribution in [0.2, 0.25) is 0 Å². The van der Waals surface area contributed by atoms with Crippen LogP contribution >= 0.6 is 0 Å². The van der Waals surface area contributed by atoms with Crippen molar-refractivity contribution in [3.05, 3.63) is 41.6 Å². The van der Waals surface area contributed by atoms with Gasteiger partial charge in [0.25, 0.3) is 11.8 Å². The largest absolute Gasteiger partial charge is 0.494 e. The number of nitrogens with two attached hydrogens (primary N) is 1. The van der Waals surface area contributed by atoms with E-state index in [0.29, 0.717) is 22.6 Å². The second-order valence-corrected chi connectivity index (χ2v) is 13.6. The van der Waals surface area contributed by atoms with Gasteiger partial charge >= 0.3 is 0 Å². The molecular formula is C34H43F2N7O3. The predicted molar refractivity (Wildman–Crippen MR) is 173 cm³/mol. The van der Waals surface area contributed by atoms with Crippen LogP contribution in [0.15, 0.2) is 30.3 Å². The molecule has 0 radical (unpaired) electrons. The zero-order chi connectivity index (χ0) is 33.0. The van der Waals surface area contributed by atoms with Crippen LogP contribution < -0.4 is 15.8 Å². The molecule has 1 fully saturated rings. The van der Waals surface area contributed by atoms with E-state index in [1.54, 1.807) is 12.1 Å². The number of hydrogen-bond acceptors (Lipinski definition) is 6. The summed E-state index contributed by atoms with van der Waals surface area (Å²) in [6, 6.07) is 8.19. The molecule has 2 aliphatic rings. The standard InChI is InChI=1S/C34H43F2N7O3/c1-20-24-11-10-21-15-26(43(29(21)39-24)13-9-7-6-8-12-33(2,3)32(45)38-20)30-40-25-14-22(16-27(46-5)28(25)41(30)4)31(44)42-18-23(37)17-34(35,36)19-42/h10-11,14-16,20,23H,6-9,12-13,17-19,37H2,1-5H3,(H,38,45)/t20-,23?/m1/s1. The number of benzene rings is 1. The van der Waals surface area contributed by atoms with E-state index in [9.17, 15) is 18.4 Å². The number of carbonyl (C=O) groups excluding carboxylic acids is 2. The summed E-state index contributed by atoms with van der Waals surface area (Å²) in [4.78, 5) is 37.7. The number of alkyl halides is 2. The number of nitrogens with one attached hydrogen (secondary N) is 1. The van der Waals surface area contributed by atoms with E-state index in [4.69, 9.17) is 20.4 Å². The molecule has 4 aromatic rings. The second-order valence-electron chi connectivity index (χ2n) is 13.6. The zero-order valence-electron chi connectivity index (χ0n) is 27.2. The summed E-state index contributed by atoms with van der Waals surface area (Å²) in [7, 11) is 3.41. The number of ether oxygens (including phenoxy) is 1. The number of hydrogen-bond donors (Lipinski definition) is 2. The van der Waals surface area contributed by atoms with Crippen LogP contribution in [0.4, 0.5) is 8.78 Å². The fraction of sp³-hybridized carbons (Fsp3) is 0.529. The Morgan fingerprint density at radius 3 is 2.61 bits per heavy atom. The Bertz CT molecular complexity index is 1810. The monoisotopic (exact) mass is 635 g/mol. The molecule has 0 saturated carbocycles. The summed E-state index contributed by atoms with van der Waals surface area (Å²) >= 11 is 0. The molecule has 6 rings (SSSR count). The van der Waals surface area contributed by atoms with E-state index < -0.39 is 36.3 Å². The first-order chi connectivity index (χ1) is 21.8. The van der Waals surface area contributed by atoms with Crippen LogP contribution in [0.25, 0.3) is 33.6 Å². The lowest BCUT2D eigenvalue weighted by atomic mass is 9.85. The maximum absolute atomic E-state index is 14.3. The van der Waals surface area contributed by atoms with Crippen molar-refractivity contribution in [2.45, 2.75) is 83.8 Å². The van der Waals surface area contributed by atoms with E-state index in [1.807, 2.05) is 44.5 Å². The summed E-state index contributed by atoms with van der Waals surface area (Å²) in [5, 5.41) is 4.11. The maximum Gasteiger partial charge on any atom is 0.266 e. The van der Waals surface area contributed by atoms with Gasteiger partial charge in [-0.3, -0.25) is 9.59 Å². The van der Waals surface area contributed by atoms with E-state index in [0.717, 1.165) is 66.0 Å². The molecule has 5 heterocycles. The van der Waals surface area contributed by atoms with Gasteiger partial charge in [0.05, 0.1) is 36.6 Å². The number of nitrogens with zero attached hydrogens (tertiary/aromatic N) is 5. The average Bonchev–Trinajstić information content (AvgIpc) is 3.52. The Kier molecular flexibility index (Phi) is 8.28. The summed E-state index contributed by atoms with van der Waals surface area (Å²) in [5.41, 5.74) is 9.27. The van der Waals surface area contributed by atoms with Crippen molar-refractivity contribution in [2.75, 3.05) is 20.2 Å². The number of amides is 2. The van der Waals surface area contributed by atoms with Gasteiger partial charge in [-0.2, -0.15) is 0 Å². The van der Waals surface area contributed by atoms with Gasteiger partial charge in [0.15, 0.2) is 5.82 Å². The molecule has 2 atom stereocenters. The van der Waals surface area contributed by atoms with Crippen molar-refractivity contribution in [3.63, 3.8) is 0 Å². The third-order valence-corrected chi connectivity index (χ3v) is 9.46. The third kappa shape index (κ3) is 5.94. The minimum atomic E-state index is -3.04. The number of carbonyl (C=O) groups is 2. The van der Waals surface area contributed by atoms with Gasteiger partial charge in [0.2, 0.25) is 5.91 Å². The number of piperidine rings is 1. The maximum atomic E-state index is 14.3. The lowest BCUT2D eigenvalue weighted by Crippen LogP contribution is -2.54. The van der Waals surface area contributed by atoms with Crippen molar-refractivity contribution in [2.24, 2.45) is 18.2 Å². The quantitative estimate of drug-likeness (QED) is 0.304. The van der Waals surface area contributed by atoms with Crippen LogP contribution in [0.3, 0.4) is 0 Å². The molecule has 12 heteroatoms. The number of rotatable bonds is 3. The number of likely N-dealkylation sites (tertiary alicyclic amines) is 1. The molecule has 10 nitrogen and oxygen atoms in total. The van der Waals surface area contributed by atoms with Crippen molar-refractivity contribution in [3.8, 4) is 17.3 Å². The molecule has 2 aliphatic heterocycles. The van der Waals surface area contributed by atoms with E-state index in [-0.39, 0.29) is 24.1 Å². The number of imidazole rings is 1. The SMILES string of the molecule is COc1cc(C(=O)N2CC(N)CC(F)(F)C2)cc2nc(-c3cc4ccc5nc4n3CCCCCCC(C)(C)C(=O)N[C@@H]5C)n(C)c12. The number of halogens is 2. The molecule has 0 spiro atoms. The minimum absolute atomic E-state index is 0.0263. The normalized spacial score (nSPS) is 22.2. The van der Waals surface area contributed by atoms with Crippen LogP contribution in [-0.2, 0) is 18.4 Å². The summed E-state index contributed by atoms with van der Waals surface area (Å²) in [6.07, 6.45) is 4.30. The summed E-state index contributed by atoms with van der Waals surface area (Å²) in [5.74, 6) is -2.48. The average molecular weight is 636 g/mol. The van der Waals surface area contributed by atoms with E-state index in [1.165, 1.54) is 7.11 Å². The highest BCUT2D eigenvalue weighted by Gasteiger charge is 2.41. The smallest absolute Gasteiger partial charge is 0.266 e. The molecule has 1 saturated heterocycles. The van der Waals surface area contributed by atoms with Gasteiger partial charge < -0.3 is 29.8 Å². The molecule has 246 valence electrons. The highest BCUT2D eigenvalue weighted by Crippen LogP contribution is 2.36. The first-order valence-corrected chi connectivity index (χ1v) is 16.1. The first-order valence-electron chi connectivity index (χ1n) is 16.1. The minimum Gasteiger partial charge on any atom is -0.494 e. The van der Waals surface area contributed by atoms with Crippen LogP contribution in [0.5, 0.6) is 5.75 Å². The summed E-state index contributed by atoms with van der Waals surface area (Å²) in [6.45, 7) is 6.06. The summed E-state index contributed by atoms with van der Waals surface area (Å²) < 4.78 is 38.4. The molecular weight excluding hydrogens is 592 g/mol. The number of pyridine rings is 1. The molecule has 3 aromatic heterocycles. The highest BCUT2D eigenvalue weighted by molar-refractivity contribution is 6.00. The molecule has 0 aliphatic carbocycles. The van der Waals surface area contributed by atoms with E-state index in [2.05, 4.69) is 16.0 Å².